The van der Waals surface area contributed by atoms with E-state index in [2.05, 4.69) is 24.1 Å². The van der Waals surface area contributed by atoms with Crippen LogP contribution in [-0.2, 0) is 0 Å². The molecule has 0 aliphatic rings. The topological polar surface area (TPSA) is 58.4 Å². The molecule has 0 fully saturated rings. The largest absolute Gasteiger partial charge is 0.397 e. The zero-order valence-corrected chi connectivity index (χ0v) is 11.7. The van der Waals surface area contributed by atoms with Crippen molar-refractivity contribution >= 4 is 17.3 Å². The van der Waals surface area contributed by atoms with E-state index in [4.69, 9.17) is 5.73 Å². The van der Waals surface area contributed by atoms with Crippen LogP contribution in [0.25, 0.3) is 0 Å². The molecular weight excluding hydrogens is 226 g/mol. The zero-order valence-electron chi connectivity index (χ0n) is 11.7. The van der Waals surface area contributed by atoms with Gasteiger partial charge in [0.1, 0.15) is 0 Å². The third-order valence-corrected chi connectivity index (χ3v) is 3.26. The maximum atomic E-state index is 11.7. The van der Waals surface area contributed by atoms with E-state index in [1.807, 2.05) is 26.1 Å². The molecule has 0 bridgehead atoms. The van der Waals surface area contributed by atoms with Crippen molar-refractivity contribution in [2.45, 2.75) is 33.2 Å². The highest BCUT2D eigenvalue weighted by Crippen LogP contribution is 2.25. The maximum Gasteiger partial charge on any atom is 0.251 e. The summed E-state index contributed by atoms with van der Waals surface area (Å²) in [5.74, 6) is -0.0815. The molecule has 1 amide bonds. The van der Waals surface area contributed by atoms with Gasteiger partial charge in [-0.1, -0.05) is 6.92 Å². The Balaban J connectivity index is 2.95. The highest BCUT2D eigenvalue weighted by atomic mass is 16.1. The number of amides is 1. The van der Waals surface area contributed by atoms with Crippen LogP contribution < -0.4 is 16.0 Å². The molecule has 4 heteroatoms. The van der Waals surface area contributed by atoms with Gasteiger partial charge >= 0.3 is 0 Å². The predicted octanol–water partition coefficient (Wildman–Crippen LogP) is 2.25. The minimum atomic E-state index is -0.0815. The Morgan fingerprint density at radius 3 is 2.61 bits per heavy atom. The first-order valence-electron chi connectivity index (χ1n) is 6.41. The molecule has 0 aromatic heterocycles. The van der Waals surface area contributed by atoms with Crippen molar-refractivity contribution in [1.82, 2.24) is 5.32 Å². The molecular formula is C14H23N3O. The van der Waals surface area contributed by atoms with E-state index in [9.17, 15) is 4.79 Å². The molecule has 0 saturated heterocycles. The lowest BCUT2D eigenvalue weighted by molar-refractivity contribution is 0.0956. The Morgan fingerprint density at radius 2 is 2.11 bits per heavy atom. The van der Waals surface area contributed by atoms with Gasteiger partial charge in [-0.3, -0.25) is 4.79 Å². The Labute approximate surface area is 109 Å². The normalized spacial score (nSPS) is 12.0. The molecule has 4 nitrogen and oxygen atoms in total. The summed E-state index contributed by atoms with van der Waals surface area (Å²) in [6, 6.07) is 5.88. The first-order valence-corrected chi connectivity index (χ1v) is 6.41. The second-order valence-corrected chi connectivity index (χ2v) is 4.50. The molecule has 0 saturated carbocycles. The summed E-state index contributed by atoms with van der Waals surface area (Å²) in [5, 5.41) is 2.76. The number of anilines is 2. The van der Waals surface area contributed by atoms with Crippen LogP contribution in [0, 0.1) is 0 Å². The highest BCUT2D eigenvalue weighted by Gasteiger charge is 2.13. The Bertz CT molecular complexity index is 418. The van der Waals surface area contributed by atoms with Crippen molar-refractivity contribution in [3.8, 4) is 0 Å². The lowest BCUT2D eigenvalue weighted by atomic mass is 10.1. The molecule has 1 aromatic carbocycles. The summed E-state index contributed by atoms with van der Waals surface area (Å²) >= 11 is 0. The van der Waals surface area contributed by atoms with Crippen molar-refractivity contribution < 1.29 is 4.79 Å². The third kappa shape index (κ3) is 3.15. The summed E-state index contributed by atoms with van der Waals surface area (Å²) in [6.07, 6.45) is 1.05. The van der Waals surface area contributed by atoms with Gasteiger partial charge in [-0.05, 0) is 38.5 Å². The highest BCUT2D eigenvalue weighted by molar-refractivity contribution is 5.96. The Morgan fingerprint density at radius 1 is 1.44 bits per heavy atom. The number of nitrogen functional groups attached to an aromatic ring is 1. The van der Waals surface area contributed by atoms with Crippen molar-refractivity contribution in [2.24, 2.45) is 0 Å². The van der Waals surface area contributed by atoms with Crippen molar-refractivity contribution in [3.63, 3.8) is 0 Å². The van der Waals surface area contributed by atoms with E-state index >= 15 is 0 Å². The van der Waals surface area contributed by atoms with Gasteiger partial charge in [-0.2, -0.15) is 0 Å². The van der Waals surface area contributed by atoms with E-state index in [1.54, 1.807) is 6.07 Å². The smallest absolute Gasteiger partial charge is 0.251 e. The number of rotatable bonds is 5. The number of nitrogens with zero attached hydrogens (tertiary/aromatic N) is 1. The summed E-state index contributed by atoms with van der Waals surface area (Å²) < 4.78 is 0. The van der Waals surface area contributed by atoms with Crippen LogP contribution in [0.2, 0.25) is 0 Å². The maximum absolute atomic E-state index is 11.7. The SMILES string of the molecule is CCNC(=O)c1ccc(N(C)C(C)CC)c(N)c1. The standard InChI is InChI=1S/C14H23N3O/c1-5-10(3)17(4)13-8-7-11(9-12(13)15)14(18)16-6-2/h7-10H,5-6,15H2,1-4H3,(H,16,18). The van der Waals surface area contributed by atoms with E-state index in [1.165, 1.54) is 0 Å². The third-order valence-electron chi connectivity index (χ3n) is 3.26. The van der Waals surface area contributed by atoms with Crippen LogP contribution in [-0.4, -0.2) is 25.5 Å². The second kappa shape index (κ2) is 6.28. The van der Waals surface area contributed by atoms with E-state index in [0.29, 0.717) is 23.8 Å². The molecule has 0 aliphatic heterocycles. The molecule has 1 aromatic rings. The predicted molar refractivity (Wildman–Crippen MR) is 77.0 cm³/mol. The lowest BCUT2D eigenvalue weighted by Gasteiger charge is -2.27. The molecule has 0 aliphatic carbocycles. The van der Waals surface area contributed by atoms with Crippen LogP contribution in [0.4, 0.5) is 11.4 Å². The van der Waals surface area contributed by atoms with Crippen LogP contribution in [0.3, 0.4) is 0 Å². The molecule has 1 unspecified atom stereocenters. The summed E-state index contributed by atoms with van der Waals surface area (Å²) in [5.41, 5.74) is 8.24. The first-order chi connectivity index (χ1) is 8.51. The Kier molecular flexibility index (Phi) is 5.01. The molecule has 18 heavy (non-hydrogen) atoms. The molecule has 3 N–H and O–H groups in total. The molecule has 1 atom stereocenters. The number of carbonyl (C=O) groups is 1. The van der Waals surface area contributed by atoms with Gasteiger partial charge in [0.2, 0.25) is 0 Å². The number of nitrogens with one attached hydrogen (secondary N) is 1. The summed E-state index contributed by atoms with van der Waals surface area (Å²) in [4.78, 5) is 13.8. The average molecular weight is 249 g/mol. The van der Waals surface area contributed by atoms with Gasteiger partial charge < -0.3 is 16.0 Å². The molecule has 0 heterocycles. The number of carbonyl (C=O) groups excluding carboxylic acids is 1. The summed E-state index contributed by atoms with van der Waals surface area (Å²) in [6.45, 7) is 6.80. The number of hydrogen-bond donors (Lipinski definition) is 2. The van der Waals surface area contributed by atoms with Crippen molar-refractivity contribution in [2.75, 3.05) is 24.2 Å². The minimum Gasteiger partial charge on any atom is -0.397 e. The van der Waals surface area contributed by atoms with Crippen molar-refractivity contribution in [3.05, 3.63) is 23.8 Å². The Hall–Kier alpha value is -1.71. The average Bonchev–Trinajstić information content (AvgIpc) is 2.37. The van der Waals surface area contributed by atoms with Gasteiger partial charge in [0.25, 0.3) is 5.91 Å². The number of hydrogen-bond acceptors (Lipinski definition) is 3. The van der Waals surface area contributed by atoms with Crippen LogP contribution in [0.1, 0.15) is 37.6 Å². The zero-order chi connectivity index (χ0) is 13.7. The lowest BCUT2D eigenvalue weighted by Crippen LogP contribution is -2.29. The van der Waals surface area contributed by atoms with E-state index in [0.717, 1.165) is 12.1 Å². The van der Waals surface area contributed by atoms with Gasteiger partial charge in [-0.15, -0.1) is 0 Å². The van der Waals surface area contributed by atoms with Crippen LogP contribution in [0.15, 0.2) is 18.2 Å². The van der Waals surface area contributed by atoms with Gasteiger partial charge in [-0.25, -0.2) is 0 Å². The molecule has 0 radical (unpaired) electrons. The monoisotopic (exact) mass is 249 g/mol. The number of benzene rings is 1. The van der Waals surface area contributed by atoms with Crippen LogP contribution >= 0.6 is 0 Å². The minimum absolute atomic E-state index is 0.0815. The second-order valence-electron chi connectivity index (χ2n) is 4.50. The van der Waals surface area contributed by atoms with Gasteiger partial charge in [0.05, 0.1) is 11.4 Å². The van der Waals surface area contributed by atoms with Gasteiger partial charge in [0.15, 0.2) is 0 Å². The fourth-order valence-electron chi connectivity index (χ4n) is 1.79. The van der Waals surface area contributed by atoms with Gasteiger partial charge in [0, 0.05) is 25.2 Å². The fourth-order valence-corrected chi connectivity index (χ4v) is 1.79. The fraction of sp³-hybridized carbons (Fsp3) is 0.500. The number of nitrogens with two attached hydrogens (primary N) is 1. The first kappa shape index (κ1) is 14.4. The van der Waals surface area contributed by atoms with E-state index in [-0.39, 0.29) is 5.91 Å². The molecule has 0 spiro atoms. The van der Waals surface area contributed by atoms with E-state index < -0.39 is 0 Å². The quantitative estimate of drug-likeness (QED) is 0.787. The molecule has 100 valence electrons. The molecule has 1 rings (SSSR count). The van der Waals surface area contributed by atoms with Crippen LogP contribution in [0.5, 0.6) is 0 Å². The summed E-state index contributed by atoms with van der Waals surface area (Å²) in [7, 11) is 2.02. The van der Waals surface area contributed by atoms with Crippen molar-refractivity contribution in [1.29, 1.82) is 0 Å².